The lowest BCUT2D eigenvalue weighted by Gasteiger charge is -2.46. The molecule has 1 heterocycles. The minimum absolute atomic E-state index is 0.0100. The van der Waals surface area contributed by atoms with Crippen molar-refractivity contribution in [2.24, 2.45) is 11.3 Å². The molecule has 0 aromatic heterocycles. The van der Waals surface area contributed by atoms with Gasteiger partial charge in [-0.25, -0.2) is 0 Å². The fraction of sp³-hybridized carbons (Fsp3) is 0.875. The van der Waals surface area contributed by atoms with Gasteiger partial charge in [-0.1, -0.05) is 27.7 Å². The van der Waals surface area contributed by atoms with Crippen LogP contribution in [0.4, 0.5) is 0 Å². The minimum atomic E-state index is -0.730. The number of nitrogens with zero attached hydrogens (tertiary/aromatic N) is 1. The van der Waals surface area contributed by atoms with E-state index in [9.17, 15) is 9.59 Å². The van der Waals surface area contributed by atoms with Gasteiger partial charge in [0.2, 0.25) is 11.8 Å². The van der Waals surface area contributed by atoms with E-state index in [-0.39, 0.29) is 29.2 Å². The molecule has 0 aromatic rings. The van der Waals surface area contributed by atoms with E-state index in [2.05, 4.69) is 12.2 Å². The molecule has 1 aliphatic heterocycles. The molecule has 1 aliphatic carbocycles. The predicted molar refractivity (Wildman–Crippen MR) is 79.1 cm³/mol. The van der Waals surface area contributed by atoms with Gasteiger partial charge in [0.15, 0.2) is 0 Å². The zero-order chi connectivity index (χ0) is 15.1. The molecule has 0 radical (unpaired) electrons. The van der Waals surface area contributed by atoms with Crippen molar-refractivity contribution in [2.45, 2.75) is 71.9 Å². The fourth-order valence-electron chi connectivity index (χ4n) is 3.22. The highest BCUT2D eigenvalue weighted by Crippen LogP contribution is 2.50. The summed E-state index contributed by atoms with van der Waals surface area (Å²) < 4.78 is 0. The summed E-state index contributed by atoms with van der Waals surface area (Å²) in [5.74, 6) is 0.252. The number of hydrogen-bond donors (Lipinski definition) is 1. The third-order valence-corrected chi connectivity index (χ3v) is 5.29. The van der Waals surface area contributed by atoms with E-state index in [1.54, 1.807) is 0 Å². The SMILES string of the molecule is CCC1(CN2C(=O)C(C)(CC)NC(=O)C2C(C)C)CC1. The maximum atomic E-state index is 12.9. The molecule has 114 valence electrons. The van der Waals surface area contributed by atoms with Crippen molar-refractivity contribution in [3.05, 3.63) is 0 Å². The Bertz CT molecular complexity index is 415. The van der Waals surface area contributed by atoms with E-state index in [0.29, 0.717) is 6.42 Å². The Hall–Kier alpha value is -1.06. The predicted octanol–water partition coefficient (Wildman–Crippen LogP) is 2.33. The molecular formula is C16H28N2O2. The highest BCUT2D eigenvalue weighted by molar-refractivity contribution is 5.99. The number of piperazine rings is 1. The lowest BCUT2D eigenvalue weighted by molar-refractivity contribution is -0.157. The fourth-order valence-corrected chi connectivity index (χ4v) is 3.22. The lowest BCUT2D eigenvalue weighted by atomic mass is 9.87. The van der Waals surface area contributed by atoms with Gasteiger partial charge in [-0.05, 0) is 43.9 Å². The van der Waals surface area contributed by atoms with Gasteiger partial charge in [0, 0.05) is 6.54 Å². The van der Waals surface area contributed by atoms with Gasteiger partial charge in [-0.2, -0.15) is 0 Å². The molecule has 2 atom stereocenters. The first-order valence-electron chi connectivity index (χ1n) is 7.91. The first-order valence-corrected chi connectivity index (χ1v) is 7.91. The number of amides is 2. The van der Waals surface area contributed by atoms with Gasteiger partial charge in [0.05, 0.1) is 0 Å². The standard InChI is InChI=1S/C16H28N2O2/c1-6-15(5)14(20)18(10-16(7-2)8-9-16)12(11(3)4)13(19)17-15/h11-12H,6-10H2,1-5H3,(H,17,19). The van der Waals surface area contributed by atoms with E-state index in [1.165, 1.54) is 12.8 Å². The third-order valence-electron chi connectivity index (χ3n) is 5.29. The van der Waals surface area contributed by atoms with Gasteiger partial charge in [0.25, 0.3) is 0 Å². The van der Waals surface area contributed by atoms with Gasteiger partial charge >= 0.3 is 0 Å². The average molecular weight is 280 g/mol. The average Bonchev–Trinajstić information content (AvgIpc) is 3.15. The van der Waals surface area contributed by atoms with Crippen LogP contribution < -0.4 is 5.32 Å². The highest BCUT2D eigenvalue weighted by Gasteiger charge is 2.52. The summed E-state index contributed by atoms with van der Waals surface area (Å²) in [7, 11) is 0. The minimum Gasteiger partial charge on any atom is -0.340 e. The van der Waals surface area contributed by atoms with E-state index in [1.807, 2.05) is 32.6 Å². The van der Waals surface area contributed by atoms with Crippen LogP contribution in [0.3, 0.4) is 0 Å². The molecule has 1 saturated carbocycles. The molecule has 1 N–H and O–H groups in total. The van der Waals surface area contributed by atoms with Crippen LogP contribution >= 0.6 is 0 Å². The summed E-state index contributed by atoms with van der Waals surface area (Å²) in [5, 5.41) is 2.95. The van der Waals surface area contributed by atoms with Gasteiger partial charge in [-0.15, -0.1) is 0 Å². The van der Waals surface area contributed by atoms with Gasteiger partial charge < -0.3 is 10.2 Å². The van der Waals surface area contributed by atoms with Crippen LogP contribution in [0.2, 0.25) is 0 Å². The zero-order valence-electron chi connectivity index (χ0n) is 13.5. The van der Waals surface area contributed by atoms with Crippen molar-refractivity contribution in [3.63, 3.8) is 0 Å². The Labute approximate surface area is 122 Å². The van der Waals surface area contributed by atoms with Gasteiger partial charge in [-0.3, -0.25) is 9.59 Å². The molecule has 20 heavy (non-hydrogen) atoms. The summed E-state index contributed by atoms with van der Waals surface area (Å²) in [4.78, 5) is 27.2. The second kappa shape index (κ2) is 5.05. The van der Waals surface area contributed by atoms with Crippen LogP contribution in [-0.2, 0) is 9.59 Å². The second-order valence-corrected chi connectivity index (χ2v) is 7.15. The first kappa shape index (κ1) is 15.3. The van der Waals surface area contributed by atoms with Crippen molar-refractivity contribution < 1.29 is 9.59 Å². The van der Waals surface area contributed by atoms with E-state index in [4.69, 9.17) is 0 Å². The Kier molecular flexibility index (Phi) is 3.87. The number of carbonyl (C=O) groups excluding carboxylic acids is 2. The van der Waals surface area contributed by atoms with Crippen LogP contribution in [0.5, 0.6) is 0 Å². The van der Waals surface area contributed by atoms with Crippen LogP contribution in [0.15, 0.2) is 0 Å². The van der Waals surface area contributed by atoms with Crippen LogP contribution in [0.1, 0.15) is 60.3 Å². The molecule has 2 fully saturated rings. The summed E-state index contributed by atoms with van der Waals surface area (Å²) in [5.41, 5.74) is -0.457. The molecule has 2 aliphatic rings. The summed E-state index contributed by atoms with van der Waals surface area (Å²) in [6.07, 6.45) is 4.09. The number of rotatable bonds is 5. The van der Waals surface area contributed by atoms with Crippen molar-refractivity contribution in [2.75, 3.05) is 6.54 Å². The van der Waals surface area contributed by atoms with Crippen LogP contribution in [0.25, 0.3) is 0 Å². The third kappa shape index (κ3) is 2.45. The Morgan fingerprint density at radius 2 is 1.85 bits per heavy atom. The number of carbonyl (C=O) groups is 2. The largest absolute Gasteiger partial charge is 0.340 e. The Morgan fingerprint density at radius 3 is 2.25 bits per heavy atom. The number of nitrogens with one attached hydrogen (secondary N) is 1. The monoisotopic (exact) mass is 280 g/mol. The normalized spacial score (nSPS) is 32.5. The zero-order valence-corrected chi connectivity index (χ0v) is 13.5. The Morgan fingerprint density at radius 1 is 1.25 bits per heavy atom. The highest BCUT2D eigenvalue weighted by atomic mass is 16.2. The molecule has 0 spiro atoms. The molecule has 2 rings (SSSR count). The Balaban J connectivity index is 2.29. The maximum absolute atomic E-state index is 12.9. The molecular weight excluding hydrogens is 252 g/mol. The van der Waals surface area contributed by atoms with Crippen molar-refractivity contribution in [1.29, 1.82) is 0 Å². The molecule has 0 bridgehead atoms. The van der Waals surface area contributed by atoms with Gasteiger partial charge in [0.1, 0.15) is 11.6 Å². The smallest absolute Gasteiger partial charge is 0.248 e. The maximum Gasteiger partial charge on any atom is 0.248 e. The van der Waals surface area contributed by atoms with Crippen molar-refractivity contribution >= 4 is 11.8 Å². The molecule has 4 heteroatoms. The molecule has 4 nitrogen and oxygen atoms in total. The van der Waals surface area contributed by atoms with E-state index in [0.717, 1.165) is 13.0 Å². The summed E-state index contributed by atoms with van der Waals surface area (Å²) in [6.45, 7) is 10.8. The van der Waals surface area contributed by atoms with E-state index < -0.39 is 5.54 Å². The molecule has 1 saturated heterocycles. The molecule has 2 unspecified atom stereocenters. The summed E-state index contributed by atoms with van der Waals surface area (Å²) in [6, 6.07) is -0.314. The van der Waals surface area contributed by atoms with E-state index >= 15 is 0 Å². The topological polar surface area (TPSA) is 49.4 Å². The van der Waals surface area contributed by atoms with Crippen molar-refractivity contribution in [3.8, 4) is 0 Å². The van der Waals surface area contributed by atoms with Crippen molar-refractivity contribution in [1.82, 2.24) is 10.2 Å². The van der Waals surface area contributed by atoms with Crippen LogP contribution in [-0.4, -0.2) is 34.8 Å². The lowest BCUT2D eigenvalue weighted by Crippen LogP contribution is -2.70. The number of hydrogen-bond acceptors (Lipinski definition) is 2. The molecule has 2 amide bonds. The summed E-state index contributed by atoms with van der Waals surface area (Å²) >= 11 is 0. The molecule has 0 aromatic carbocycles. The quantitative estimate of drug-likeness (QED) is 0.840. The van der Waals surface area contributed by atoms with Crippen LogP contribution in [0, 0.1) is 11.3 Å². The first-order chi connectivity index (χ1) is 9.28. The second-order valence-electron chi connectivity index (χ2n) is 7.15.